The molecule has 15 heteroatoms. The third-order valence-electron chi connectivity index (χ3n) is 7.28. The standard InChI is InChI=1S/C30H30N5O8PS/c1-18(30(38)40-14-19-8-3-2-4-9-19)34-44(39,43-22-13-7-11-20-10-5-6-12-21(20)22)41-15-23-25(36)26(37)29(42-23)35-17-33-24-27(35)31-16-32-28(24)45/h2-13,16-18,23,25-26,29,36-37H,14-15H2,1H3,(H,34,39)(H,31,32,45)/t18-,23+,25?,26?,29+,44?/m0/s1. The molecule has 6 atom stereocenters. The number of esters is 1. The Morgan fingerprint density at radius 2 is 1.84 bits per heavy atom. The first-order chi connectivity index (χ1) is 21.7. The van der Waals surface area contributed by atoms with Crippen molar-refractivity contribution in [1.29, 1.82) is 0 Å². The molecule has 0 saturated carbocycles. The molecule has 0 radical (unpaired) electrons. The molecule has 0 amide bonds. The summed E-state index contributed by atoms with van der Waals surface area (Å²) in [5, 5.41) is 25.9. The molecule has 13 nitrogen and oxygen atoms in total. The number of carbonyl (C=O) groups is 1. The molecule has 1 saturated heterocycles. The van der Waals surface area contributed by atoms with Crippen LogP contribution in [0.4, 0.5) is 0 Å². The van der Waals surface area contributed by atoms with Crippen LogP contribution in [0.15, 0.2) is 85.5 Å². The smallest absolute Gasteiger partial charge is 0.459 e. The minimum Gasteiger partial charge on any atom is -0.460 e. The molecule has 4 N–H and O–H groups in total. The summed E-state index contributed by atoms with van der Waals surface area (Å²) in [6.45, 7) is 1.01. The number of aliphatic hydroxyl groups is 2. The minimum absolute atomic E-state index is 0.0190. The van der Waals surface area contributed by atoms with Crippen molar-refractivity contribution < 1.29 is 38.1 Å². The molecule has 0 aliphatic carbocycles. The molecule has 3 heterocycles. The average molecular weight is 652 g/mol. The Bertz CT molecular complexity index is 1920. The Labute approximate surface area is 262 Å². The molecule has 1 aliphatic rings. The molecular weight excluding hydrogens is 621 g/mol. The van der Waals surface area contributed by atoms with Gasteiger partial charge in [0, 0.05) is 5.39 Å². The number of rotatable bonds is 11. The molecular formula is C30H30N5O8PS. The van der Waals surface area contributed by atoms with Gasteiger partial charge in [0.25, 0.3) is 0 Å². The highest BCUT2D eigenvalue weighted by Gasteiger charge is 2.46. The predicted molar refractivity (Wildman–Crippen MR) is 166 cm³/mol. The van der Waals surface area contributed by atoms with Crippen LogP contribution in [-0.2, 0) is 30.0 Å². The van der Waals surface area contributed by atoms with Crippen molar-refractivity contribution >= 4 is 47.9 Å². The normalized spacial score (nSPS) is 21.8. The van der Waals surface area contributed by atoms with Crippen LogP contribution in [0, 0.1) is 4.64 Å². The number of imidazole rings is 1. The van der Waals surface area contributed by atoms with Crippen LogP contribution in [0.25, 0.3) is 21.9 Å². The summed E-state index contributed by atoms with van der Waals surface area (Å²) in [7, 11) is -4.35. The Morgan fingerprint density at radius 3 is 2.67 bits per heavy atom. The first kappa shape index (κ1) is 31.0. The number of H-pyrrole nitrogens is 1. The third kappa shape index (κ3) is 6.67. The van der Waals surface area contributed by atoms with Crippen molar-refractivity contribution in [3.05, 3.63) is 95.7 Å². The van der Waals surface area contributed by atoms with Crippen LogP contribution in [0.1, 0.15) is 18.7 Å². The van der Waals surface area contributed by atoms with E-state index in [0.29, 0.717) is 21.2 Å². The average Bonchev–Trinajstić information content (AvgIpc) is 3.60. The van der Waals surface area contributed by atoms with E-state index in [9.17, 15) is 19.6 Å². The second-order valence-corrected chi connectivity index (χ2v) is 12.5. The summed E-state index contributed by atoms with van der Waals surface area (Å²) in [6, 6.07) is 20.6. The lowest BCUT2D eigenvalue weighted by Gasteiger charge is -2.25. The van der Waals surface area contributed by atoms with Gasteiger partial charge in [0.05, 0.1) is 19.3 Å². The maximum atomic E-state index is 14.3. The number of aromatic amines is 1. The zero-order chi connectivity index (χ0) is 31.6. The fraction of sp³-hybridized carbons (Fsp3) is 0.267. The zero-order valence-corrected chi connectivity index (χ0v) is 25.6. The first-order valence-corrected chi connectivity index (χ1v) is 16.0. The van der Waals surface area contributed by atoms with E-state index in [0.717, 1.165) is 10.9 Å². The fourth-order valence-corrected chi connectivity index (χ4v) is 6.67. The van der Waals surface area contributed by atoms with E-state index in [-0.39, 0.29) is 12.4 Å². The van der Waals surface area contributed by atoms with Gasteiger partial charge in [0.15, 0.2) is 11.9 Å². The lowest BCUT2D eigenvalue weighted by Crippen LogP contribution is -2.37. The first-order valence-electron chi connectivity index (χ1n) is 14.0. The quantitative estimate of drug-likeness (QED) is 0.0914. The highest BCUT2D eigenvalue weighted by molar-refractivity contribution is 7.71. The Morgan fingerprint density at radius 1 is 1.09 bits per heavy atom. The van der Waals surface area contributed by atoms with Crippen molar-refractivity contribution in [1.82, 2.24) is 24.6 Å². The number of nitrogens with zero attached hydrogens (tertiary/aromatic N) is 3. The zero-order valence-electron chi connectivity index (χ0n) is 23.9. The highest BCUT2D eigenvalue weighted by Crippen LogP contribution is 2.47. The summed E-state index contributed by atoms with van der Waals surface area (Å²) in [5.74, 6) is -0.443. The van der Waals surface area contributed by atoms with Crippen molar-refractivity contribution in [3.63, 3.8) is 0 Å². The molecule has 1 aliphatic heterocycles. The summed E-state index contributed by atoms with van der Waals surface area (Å²) in [6.07, 6.45) is -2.31. The molecule has 3 unspecified atom stereocenters. The topological polar surface area (TPSA) is 170 Å². The molecule has 45 heavy (non-hydrogen) atoms. The van der Waals surface area contributed by atoms with E-state index in [4.69, 9.17) is 30.7 Å². The molecule has 5 aromatic rings. The van der Waals surface area contributed by atoms with Gasteiger partial charge in [-0.05, 0) is 23.9 Å². The number of benzene rings is 3. The maximum Gasteiger partial charge on any atom is 0.459 e. The molecule has 0 spiro atoms. The van der Waals surface area contributed by atoms with Crippen LogP contribution in [0.5, 0.6) is 5.75 Å². The summed E-state index contributed by atoms with van der Waals surface area (Å²) in [4.78, 5) is 24.1. The van der Waals surface area contributed by atoms with E-state index in [1.54, 1.807) is 18.2 Å². The lowest BCUT2D eigenvalue weighted by atomic mass is 10.1. The third-order valence-corrected chi connectivity index (χ3v) is 9.22. The highest BCUT2D eigenvalue weighted by atomic mass is 32.1. The number of fused-ring (bicyclic) bond motifs is 2. The van der Waals surface area contributed by atoms with Gasteiger partial charge < -0.3 is 29.2 Å². The molecule has 0 bridgehead atoms. The van der Waals surface area contributed by atoms with Crippen molar-refractivity contribution in [3.8, 4) is 5.75 Å². The van der Waals surface area contributed by atoms with Crippen LogP contribution in [-0.4, -0.2) is 66.7 Å². The minimum atomic E-state index is -4.35. The van der Waals surface area contributed by atoms with Gasteiger partial charge in [0.2, 0.25) is 0 Å². The van der Waals surface area contributed by atoms with Gasteiger partial charge in [-0.2, -0.15) is 5.09 Å². The number of aliphatic hydroxyl groups excluding tert-OH is 2. The number of hydrogen-bond acceptors (Lipinski definition) is 11. The second-order valence-electron chi connectivity index (χ2n) is 10.4. The van der Waals surface area contributed by atoms with E-state index >= 15 is 0 Å². The fourth-order valence-electron chi connectivity index (χ4n) is 4.96. The van der Waals surface area contributed by atoms with Gasteiger partial charge in [-0.1, -0.05) is 78.9 Å². The predicted octanol–water partition coefficient (Wildman–Crippen LogP) is 4.19. The van der Waals surface area contributed by atoms with E-state index in [2.05, 4.69) is 20.0 Å². The number of ether oxygens (including phenoxy) is 2. The van der Waals surface area contributed by atoms with Crippen LogP contribution >= 0.6 is 20.0 Å². The Balaban J connectivity index is 1.21. The summed E-state index contributed by atoms with van der Waals surface area (Å²) in [5.41, 5.74) is 1.52. The van der Waals surface area contributed by atoms with E-state index in [1.165, 1.54) is 24.1 Å². The van der Waals surface area contributed by atoms with Gasteiger partial charge in [-0.15, -0.1) is 0 Å². The molecule has 2 aromatic heterocycles. The van der Waals surface area contributed by atoms with Gasteiger partial charge in [-0.3, -0.25) is 13.9 Å². The van der Waals surface area contributed by atoms with Crippen LogP contribution in [0.3, 0.4) is 0 Å². The van der Waals surface area contributed by atoms with Gasteiger partial charge in [-0.25, -0.2) is 14.5 Å². The second kappa shape index (κ2) is 13.2. The van der Waals surface area contributed by atoms with Gasteiger partial charge >= 0.3 is 13.7 Å². The maximum absolute atomic E-state index is 14.3. The van der Waals surface area contributed by atoms with Crippen LogP contribution in [0.2, 0.25) is 0 Å². The summed E-state index contributed by atoms with van der Waals surface area (Å²) >= 11 is 5.25. The summed E-state index contributed by atoms with van der Waals surface area (Å²) < 4.78 is 39.2. The molecule has 3 aromatic carbocycles. The van der Waals surface area contributed by atoms with Gasteiger partial charge in [0.1, 0.15) is 46.9 Å². The number of nitrogens with one attached hydrogen (secondary N) is 2. The Kier molecular flexibility index (Phi) is 9.06. The molecule has 234 valence electrons. The van der Waals surface area contributed by atoms with Crippen LogP contribution < -0.4 is 9.61 Å². The van der Waals surface area contributed by atoms with Crippen molar-refractivity contribution in [2.45, 2.75) is 44.1 Å². The Hall–Kier alpha value is -4.01. The largest absolute Gasteiger partial charge is 0.460 e. The number of aromatic nitrogens is 4. The SMILES string of the molecule is C[C@H](NP(=O)(OC[C@H]1O[C@@H](n2cnc3c(=S)[nH]cnc32)C(O)C1O)Oc1cccc2ccccc12)C(=O)OCc1ccccc1. The van der Waals surface area contributed by atoms with Crippen molar-refractivity contribution in [2.24, 2.45) is 0 Å². The van der Waals surface area contributed by atoms with E-state index < -0.39 is 50.9 Å². The number of carbonyl (C=O) groups excluding carboxylic acids is 1. The number of hydrogen-bond donors (Lipinski definition) is 4. The van der Waals surface area contributed by atoms with E-state index in [1.807, 2.05) is 54.6 Å². The monoisotopic (exact) mass is 651 g/mol. The molecule has 6 rings (SSSR count). The van der Waals surface area contributed by atoms with Crippen molar-refractivity contribution in [2.75, 3.05) is 6.61 Å². The molecule has 1 fully saturated rings. The lowest BCUT2D eigenvalue weighted by molar-refractivity contribution is -0.146.